The highest BCUT2D eigenvalue weighted by Crippen LogP contribution is 2.43. The number of urea groups is 1. The van der Waals surface area contributed by atoms with Gasteiger partial charge in [0.2, 0.25) is 0 Å². The van der Waals surface area contributed by atoms with E-state index in [0.29, 0.717) is 13.1 Å². The maximum atomic E-state index is 12.4. The molecule has 0 unspecified atom stereocenters. The van der Waals surface area contributed by atoms with Crippen molar-refractivity contribution in [3.8, 4) is 11.1 Å². The average molecular weight is 667 g/mol. The minimum absolute atomic E-state index is 0.00345. The van der Waals surface area contributed by atoms with E-state index in [2.05, 4.69) is 64.2 Å². The lowest BCUT2D eigenvalue weighted by molar-refractivity contribution is -0.268. The van der Waals surface area contributed by atoms with E-state index in [1.807, 2.05) is 73.7 Å². The fourth-order valence-corrected chi connectivity index (χ4v) is 7.52. The number of nitrogens with one attached hydrogen (secondary N) is 2. The lowest BCUT2D eigenvalue weighted by Crippen LogP contribution is -2.38. The molecule has 4 atom stereocenters. The lowest BCUT2D eigenvalue weighted by atomic mass is 9.91. The summed E-state index contributed by atoms with van der Waals surface area (Å²) in [6.45, 7) is 5.02. The number of amides is 2. The van der Waals surface area contributed by atoms with Crippen LogP contribution in [0.3, 0.4) is 0 Å². The first-order valence-corrected chi connectivity index (χ1v) is 17.4. The number of rotatable bonds is 11. The number of carbonyl (C=O) groups is 1. The largest absolute Gasteiger partial charge is 0.392 e. The van der Waals surface area contributed by atoms with E-state index in [0.717, 1.165) is 54.0 Å². The average Bonchev–Trinajstić information content (AvgIpc) is 3.54. The normalized spacial score (nSPS) is 19.3. The Labute approximate surface area is 283 Å². The van der Waals surface area contributed by atoms with Gasteiger partial charge >= 0.3 is 6.03 Å². The summed E-state index contributed by atoms with van der Waals surface area (Å²) in [5.74, 6) is 0.813. The number of aliphatic hydroxyl groups is 1. The Bertz CT molecular complexity index is 1750. The number of aliphatic hydroxyl groups excluding tert-OH is 1. The molecule has 1 aliphatic rings. The van der Waals surface area contributed by atoms with Gasteiger partial charge in [-0.3, -0.25) is 0 Å². The summed E-state index contributed by atoms with van der Waals surface area (Å²) in [6, 6.07) is 34.0. The van der Waals surface area contributed by atoms with Crippen LogP contribution in [0.5, 0.6) is 0 Å². The van der Waals surface area contributed by atoms with Gasteiger partial charge in [-0.25, -0.2) is 4.79 Å². The molecule has 0 spiro atoms. The highest BCUT2D eigenvalue weighted by atomic mass is 32.2. The van der Waals surface area contributed by atoms with Crippen LogP contribution in [0.1, 0.15) is 52.1 Å². The molecule has 2 amide bonds. The number of carbonyl (C=O) groups excluding carboxylic acids is 1. The third-order valence-corrected chi connectivity index (χ3v) is 10.3. The predicted molar refractivity (Wildman–Crippen MR) is 186 cm³/mol. The maximum Gasteiger partial charge on any atom is 0.315 e. The van der Waals surface area contributed by atoms with Gasteiger partial charge in [0.25, 0.3) is 0 Å². The number of aryl methyl sites for hydroxylation is 1. The van der Waals surface area contributed by atoms with Gasteiger partial charge in [0, 0.05) is 30.3 Å². The molecule has 5 aromatic rings. The van der Waals surface area contributed by atoms with Gasteiger partial charge in [0.15, 0.2) is 10.6 Å². The third kappa shape index (κ3) is 8.65. The molecule has 10 heteroatoms. The Hall–Kier alpha value is -4.06. The molecular weight excluding hydrogens is 629 g/mol. The number of aromatic nitrogens is 2. The molecule has 0 aliphatic carbocycles. The summed E-state index contributed by atoms with van der Waals surface area (Å²) in [6.07, 6.45) is -0.814. The first-order chi connectivity index (χ1) is 22.9. The van der Waals surface area contributed by atoms with Crippen molar-refractivity contribution in [3.05, 3.63) is 136 Å². The van der Waals surface area contributed by atoms with Gasteiger partial charge < -0.3 is 25.2 Å². The minimum atomic E-state index is -0.547. The molecule has 4 aromatic carbocycles. The van der Waals surface area contributed by atoms with Crippen molar-refractivity contribution in [2.75, 3.05) is 5.75 Å². The van der Waals surface area contributed by atoms with Gasteiger partial charge in [-0.2, -0.15) is 0 Å². The van der Waals surface area contributed by atoms with Gasteiger partial charge in [0.05, 0.1) is 18.8 Å². The predicted octanol–water partition coefficient (Wildman–Crippen LogP) is 7.59. The number of benzene rings is 4. The van der Waals surface area contributed by atoms with Crippen molar-refractivity contribution in [3.63, 3.8) is 0 Å². The second kappa shape index (κ2) is 15.7. The van der Waals surface area contributed by atoms with Gasteiger partial charge in [-0.1, -0.05) is 127 Å². The van der Waals surface area contributed by atoms with Gasteiger partial charge in [0.1, 0.15) is 5.01 Å². The van der Waals surface area contributed by atoms with E-state index >= 15 is 0 Å². The molecule has 3 N–H and O–H groups in total. The van der Waals surface area contributed by atoms with E-state index in [-0.39, 0.29) is 30.8 Å². The molecule has 1 aliphatic heterocycles. The van der Waals surface area contributed by atoms with E-state index in [1.54, 1.807) is 23.1 Å². The van der Waals surface area contributed by atoms with Crippen LogP contribution in [0.25, 0.3) is 11.1 Å². The zero-order valence-electron chi connectivity index (χ0n) is 26.3. The Morgan fingerprint density at radius 3 is 2.21 bits per heavy atom. The van der Waals surface area contributed by atoms with Crippen LogP contribution in [0.2, 0.25) is 0 Å². The van der Waals surface area contributed by atoms with Crippen LogP contribution in [-0.4, -0.2) is 33.2 Å². The third-order valence-electron chi connectivity index (χ3n) is 8.19. The second-order valence-electron chi connectivity index (χ2n) is 11.6. The molecule has 1 saturated heterocycles. The molecule has 0 radical (unpaired) electrons. The van der Waals surface area contributed by atoms with E-state index in [9.17, 15) is 9.90 Å². The van der Waals surface area contributed by atoms with Gasteiger partial charge in [-0.05, 0) is 46.4 Å². The van der Waals surface area contributed by atoms with Gasteiger partial charge in [-0.15, -0.1) is 10.2 Å². The second-order valence-corrected chi connectivity index (χ2v) is 14.0. The quantitative estimate of drug-likeness (QED) is 0.125. The molecule has 1 aromatic heterocycles. The Balaban J connectivity index is 1.13. The van der Waals surface area contributed by atoms with Crippen LogP contribution in [0, 0.1) is 12.8 Å². The monoisotopic (exact) mass is 666 g/mol. The highest BCUT2D eigenvalue weighted by Gasteiger charge is 2.38. The minimum Gasteiger partial charge on any atom is -0.392 e. The van der Waals surface area contributed by atoms with Crippen LogP contribution in [0.15, 0.2) is 107 Å². The SMILES string of the molecule is Cc1nnc(SC[C@@H]2O[C@H](c3ccc(-c4cccc(CNC(=O)NCc5ccccc5)c4)cc3)O[C@H](c3ccc(CO)cc3)[C@@H]2C)s1. The summed E-state index contributed by atoms with van der Waals surface area (Å²) in [7, 11) is 0. The summed E-state index contributed by atoms with van der Waals surface area (Å²) in [5, 5.41) is 24.8. The number of nitrogens with zero attached hydrogens (tertiary/aromatic N) is 2. The Morgan fingerprint density at radius 1 is 0.809 bits per heavy atom. The molecule has 242 valence electrons. The summed E-state index contributed by atoms with van der Waals surface area (Å²) < 4.78 is 14.2. The Kier molecular flexibility index (Phi) is 11.0. The topological polar surface area (TPSA) is 106 Å². The molecule has 1 fully saturated rings. The molecule has 6 rings (SSSR count). The van der Waals surface area contributed by atoms with Crippen LogP contribution in [-0.2, 0) is 29.2 Å². The Morgan fingerprint density at radius 2 is 1.51 bits per heavy atom. The lowest BCUT2D eigenvalue weighted by Gasteiger charge is -2.41. The first kappa shape index (κ1) is 32.9. The van der Waals surface area contributed by atoms with E-state index < -0.39 is 6.29 Å². The highest BCUT2D eigenvalue weighted by molar-refractivity contribution is 8.01. The smallest absolute Gasteiger partial charge is 0.315 e. The van der Waals surface area contributed by atoms with Crippen LogP contribution in [0.4, 0.5) is 4.79 Å². The number of hydrogen-bond donors (Lipinski definition) is 3. The molecule has 0 saturated carbocycles. The molecule has 8 nitrogen and oxygen atoms in total. The summed E-state index contributed by atoms with van der Waals surface area (Å²) in [4.78, 5) is 12.4. The van der Waals surface area contributed by atoms with E-state index in [1.165, 1.54) is 0 Å². The van der Waals surface area contributed by atoms with E-state index in [4.69, 9.17) is 9.47 Å². The zero-order valence-corrected chi connectivity index (χ0v) is 28.0. The molecule has 2 heterocycles. The van der Waals surface area contributed by atoms with Crippen LogP contribution >= 0.6 is 23.1 Å². The van der Waals surface area contributed by atoms with Crippen LogP contribution < -0.4 is 10.6 Å². The van der Waals surface area contributed by atoms with Crippen molar-refractivity contribution in [2.45, 2.75) is 56.4 Å². The summed E-state index contributed by atoms with van der Waals surface area (Å²) >= 11 is 3.25. The summed E-state index contributed by atoms with van der Waals surface area (Å²) in [5.41, 5.74) is 7.04. The zero-order chi connectivity index (χ0) is 32.6. The van der Waals surface area contributed by atoms with Crippen molar-refractivity contribution in [1.82, 2.24) is 20.8 Å². The fraction of sp³-hybridized carbons (Fsp3) is 0.270. The first-order valence-electron chi connectivity index (χ1n) is 15.6. The standard InChI is InChI=1S/C37H38N4O4S2/c1-24-33(23-46-37-41-40-25(2)47-37)44-35(45-34(24)30-13-11-27(22-42)12-14-30)31-17-15-29(16-18-31)32-10-6-9-28(19-32)21-39-36(43)38-20-26-7-4-3-5-8-26/h3-19,24,33-35,42H,20-23H2,1-2H3,(H2,38,39,43)/t24-,33+,34+,35+/m1/s1. The molecule has 47 heavy (non-hydrogen) atoms. The number of hydrogen-bond acceptors (Lipinski definition) is 8. The van der Waals surface area contributed by atoms with Crippen molar-refractivity contribution < 1.29 is 19.4 Å². The molecule has 0 bridgehead atoms. The molecular formula is C37H38N4O4S2. The number of thioether (sulfide) groups is 1. The fourth-order valence-electron chi connectivity index (χ4n) is 5.52. The maximum absolute atomic E-state index is 12.4. The van der Waals surface area contributed by atoms with Crippen molar-refractivity contribution in [2.24, 2.45) is 5.92 Å². The number of ether oxygens (including phenoxy) is 2. The van der Waals surface area contributed by atoms with Crippen molar-refractivity contribution >= 4 is 29.1 Å². The van der Waals surface area contributed by atoms with Crippen molar-refractivity contribution in [1.29, 1.82) is 0 Å².